The number of aliphatic hydroxyl groups is 2. The van der Waals surface area contributed by atoms with Crippen molar-refractivity contribution < 1.29 is 14.9 Å². The lowest BCUT2D eigenvalue weighted by Crippen LogP contribution is -2.22. The zero-order valence-electron chi connectivity index (χ0n) is 11.0. The lowest BCUT2D eigenvalue weighted by atomic mass is 10.2. The van der Waals surface area contributed by atoms with Crippen LogP contribution in [-0.2, 0) is 6.54 Å². The summed E-state index contributed by atoms with van der Waals surface area (Å²) in [5.74, 6) is 0.650. The standard InChI is InChI=1S/C13H22N2O3/c1-3-6-14-7-12-13(5-4-10(2)15-12)18-9-11(17)8-16/h4-5,11,14,16-17H,3,6-9H2,1-2H3. The molecule has 0 aliphatic heterocycles. The van der Waals surface area contributed by atoms with E-state index >= 15 is 0 Å². The zero-order valence-corrected chi connectivity index (χ0v) is 11.0. The Morgan fingerprint density at radius 1 is 1.44 bits per heavy atom. The Hall–Kier alpha value is -1.17. The molecule has 1 unspecified atom stereocenters. The molecule has 0 amide bonds. The Balaban J connectivity index is 2.63. The number of hydrogen-bond acceptors (Lipinski definition) is 5. The molecule has 0 saturated carbocycles. The molecule has 1 rings (SSSR count). The number of aliphatic hydroxyl groups excluding tert-OH is 2. The van der Waals surface area contributed by atoms with E-state index in [0.717, 1.165) is 24.4 Å². The third-order valence-corrected chi connectivity index (χ3v) is 2.43. The van der Waals surface area contributed by atoms with Crippen LogP contribution in [-0.4, -0.2) is 41.1 Å². The number of hydrogen-bond donors (Lipinski definition) is 3. The summed E-state index contributed by atoms with van der Waals surface area (Å²) in [6, 6.07) is 3.71. The molecule has 0 saturated heterocycles. The molecule has 1 aromatic rings. The van der Waals surface area contributed by atoms with Gasteiger partial charge in [0.15, 0.2) is 0 Å². The van der Waals surface area contributed by atoms with Crippen LogP contribution in [0, 0.1) is 6.92 Å². The highest BCUT2D eigenvalue weighted by Crippen LogP contribution is 2.17. The van der Waals surface area contributed by atoms with Gasteiger partial charge in [-0.05, 0) is 32.0 Å². The van der Waals surface area contributed by atoms with Gasteiger partial charge in [-0.2, -0.15) is 0 Å². The summed E-state index contributed by atoms with van der Waals surface area (Å²) < 4.78 is 5.46. The second-order valence-electron chi connectivity index (χ2n) is 4.22. The van der Waals surface area contributed by atoms with E-state index in [9.17, 15) is 5.11 Å². The van der Waals surface area contributed by atoms with Crippen molar-refractivity contribution in [2.75, 3.05) is 19.8 Å². The Kier molecular flexibility index (Phi) is 6.64. The van der Waals surface area contributed by atoms with Gasteiger partial charge in [-0.3, -0.25) is 4.98 Å². The average Bonchev–Trinajstić information content (AvgIpc) is 2.37. The third-order valence-electron chi connectivity index (χ3n) is 2.43. The maximum Gasteiger partial charge on any atom is 0.142 e. The topological polar surface area (TPSA) is 74.6 Å². The Bertz CT molecular complexity index is 358. The second kappa shape index (κ2) is 8.02. The largest absolute Gasteiger partial charge is 0.489 e. The molecule has 0 radical (unpaired) electrons. The minimum Gasteiger partial charge on any atom is -0.489 e. The van der Waals surface area contributed by atoms with Gasteiger partial charge in [-0.25, -0.2) is 0 Å². The van der Waals surface area contributed by atoms with E-state index in [2.05, 4.69) is 17.2 Å². The fourth-order valence-electron chi connectivity index (χ4n) is 1.48. The van der Waals surface area contributed by atoms with Crippen LogP contribution in [0.4, 0.5) is 0 Å². The lowest BCUT2D eigenvalue weighted by molar-refractivity contribution is 0.0531. The molecule has 18 heavy (non-hydrogen) atoms. The number of aryl methyl sites for hydroxylation is 1. The van der Waals surface area contributed by atoms with Gasteiger partial charge in [-0.15, -0.1) is 0 Å². The molecular weight excluding hydrogens is 232 g/mol. The van der Waals surface area contributed by atoms with Gasteiger partial charge in [0.1, 0.15) is 18.5 Å². The monoisotopic (exact) mass is 254 g/mol. The van der Waals surface area contributed by atoms with E-state index < -0.39 is 6.10 Å². The molecule has 5 heteroatoms. The smallest absolute Gasteiger partial charge is 0.142 e. The quantitative estimate of drug-likeness (QED) is 0.593. The van der Waals surface area contributed by atoms with E-state index in [4.69, 9.17) is 9.84 Å². The van der Waals surface area contributed by atoms with Crippen molar-refractivity contribution in [3.63, 3.8) is 0 Å². The maximum atomic E-state index is 9.27. The van der Waals surface area contributed by atoms with Crippen LogP contribution in [0.25, 0.3) is 0 Å². The van der Waals surface area contributed by atoms with E-state index in [-0.39, 0.29) is 13.2 Å². The van der Waals surface area contributed by atoms with Crippen molar-refractivity contribution in [2.24, 2.45) is 0 Å². The van der Waals surface area contributed by atoms with Crippen LogP contribution in [0.2, 0.25) is 0 Å². The fraction of sp³-hybridized carbons (Fsp3) is 0.615. The molecule has 5 nitrogen and oxygen atoms in total. The van der Waals surface area contributed by atoms with E-state index in [1.165, 1.54) is 0 Å². The molecule has 0 spiro atoms. The summed E-state index contributed by atoms with van der Waals surface area (Å²) in [7, 11) is 0. The van der Waals surface area contributed by atoms with Gasteiger partial charge < -0.3 is 20.3 Å². The number of nitrogens with one attached hydrogen (secondary N) is 1. The molecule has 1 atom stereocenters. The first-order chi connectivity index (χ1) is 8.67. The van der Waals surface area contributed by atoms with Gasteiger partial charge in [-0.1, -0.05) is 6.92 Å². The highest BCUT2D eigenvalue weighted by Gasteiger charge is 2.08. The van der Waals surface area contributed by atoms with Crippen molar-refractivity contribution in [3.8, 4) is 5.75 Å². The minimum absolute atomic E-state index is 0.0714. The molecule has 1 heterocycles. The normalized spacial score (nSPS) is 12.4. The van der Waals surface area contributed by atoms with E-state index in [1.54, 1.807) is 0 Å². The number of aromatic nitrogens is 1. The SMILES string of the molecule is CCCNCc1nc(C)ccc1OCC(O)CO. The first-order valence-electron chi connectivity index (χ1n) is 6.26. The van der Waals surface area contributed by atoms with Crippen LogP contribution in [0.15, 0.2) is 12.1 Å². The van der Waals surface area contributed by atoms with Crippen molar-refractivity contribution in [3.05, 3.63) is 23.5 Å². The first kappa shape index (κ1) is 14.9. The van der Waals surface area contributed by atoms with Gasteiger partial charge in [0.05, 0.1) is 12.3 Å². The Morgan fingerprint density at radius 3 is 2.89 bits per heavy atom. The van der Waals surface area contributed by atoms with E-state index in [1.807, 2.05) is 19.1 Å². The number of pyridine rings is 1. The van der Waals surface area contributed by atoms with Crippen LogP contribution < -0.4 is 10.1 Å². The van der Waals surface area contributed by atoms with Crippen molar-refractivity contribution >= 4 is 0 Å². The fourth-order valence-corrected chi connectivity index (χ4v) is 1.48. The Labute approximate surface area is 108 Å². The summed E-state index contributed by atoms with van der Waals surface area (Å²) in [6.45, 7) is 5.36. The zero-order chi connectivity index (χ0) is 13.4. The van der Waals surface area contributed by atoms with Crippen molar-refractivity contribution in [1.82, 2.24) is 10.3 Å². The predicted molar refractivity (Wildman–Crippen MR) is 69.6 cm³/mol. The summed E-state index contributed by atoms with van der Waals surface area (Å²) in [4.78, 5) is 4.42. The molecule has 0 aromatic carbocycles. The predicted octanol–water partition coefficient (Wildman–Crippen LogP) is 0.622. The molecule has 0 bridgehead atoms. The highest BCUT2D eigenvalue weighted by molar-refractivity contribution is 5.29. The van der Waals surface area contributed by atoms with Gasteiger partial charge >= 0.3 is 0 Å². The third kappa shape index (κ3) is 5.00. The minimum atomic E-state index is -0.859. The molecule has 102 valence electrons. The lowest BCUT2D eigenvalue weighted by Gasteiger charge is -2.14. The van der Waals surface area contributed by atoms with Crippen LogP contribution in [0.1, 0.15) is 24.7 Å². The highest BCUT2D eigenvalue weighted by atomic mass is 16.5. The first-order valence-corrected chi connectivity index (χ1v) is 6.26. The van der Waals surface area contributed by atoms with Crippen molar-refractivity contribution in [1.29, 1.82) is 0 Å². The number of rotatable bonds is 8. The van der Waals surface area contributed by atoms with Crippen LogP contribution in [0.3, 0.4) is 0 Å². The van der Waals surface area contributed by atoms with Crippen LogP contribution in [0.5, 0.6) is 5.75 Å². The molecule has 0 fully saturated rings. The summed E-state index contributed by atoms with van der Waals surface area (Å²) in [5, 5.41) is 21.3. The Morgan fingerprint density at radius 2 is 2.22 bits per heavy atom. The number of ether oxygens (including phenoxy) is 1. The molecular formula is C13H22N2O3. The molecule has 0 aliphatic rings. The number of nitrogens with zero attached hydrogens (tertiary/aromatic N) is 1. The van der Waals surface area contributed by atoms with Gasteiger partial charge in [0.25, 0.3) is 0 Å². The van der Waals surface area contributed by atoms with Gasteiger partial charge in [0.2, 0.25) is 0 Å². The van der Waals surface area contributed by atoms with Gasteiger partial charge in [0, 0.05) is 12.2 Å². The summed E-state index contributed by atoms with van der Waals surface area (Å²) >= 11 is 0. The average molecular weight is 254 g/mol. The second-order valence-corrected chi connectivity index (χ2v) is 4.22. The van der Waals surface area contributed by atoms with Crippen LogP contribution >= 0.6 is 0 Å². The molecule has 3 N–H and O–H groups in total. The summed E-state index contributed by atoms with van der Waals surface area (Å²) in [6.07, 6.45) is 0.202. The molecule has 0 aliphatic carbocycles. The van der Waals surface area contributed by atoms with E-state index in [0.29, 0.717) is 12.3 Å². The maximum absolute atomic E-state index is 9.27. The molecule has 1 aromatic heterocycles. The summed E-state index contributed by atoms with van der Waals surface area (Å²) in [5.41, 5.74) is 1.76. The van der Waals surface area contributed by atoms with Crippen molar-refractivity contribution in [2.45, 2.75) is 32.9 Å².